The van der Waals surface area contributed by atoms with E-state index in [2.05, 4.69) is 48.5 Å². The van der Waals surface area contributed by atoms with E-state index in [4.69, 9.17) is 0 Å². The number of sulfonamides is 1. The van der Waals surface area contributed by atoms with Crippen molar-refractivity contribution in [3.63, 3.8) is 0 Å². The van der Waals surface area contributed by atoms with Gasteiger partial charge in [0.2, 0.25) is 10.0 Å². The van der Waals surface area contributed by atoms with Crippen LogP contribution in [0.15, 0.2) is 60.7 Å². The van der Waals surface area contributed by atoms with E-state index < -0.39 is 17.9 Å². The Kier molecular flexibility index (Phi) is 5.15. The molecule has 0 saturated carbocycles. The van der Waals surface area contributed by atoms with Gasteiger partial charge in [-0.25, -0.2) is 8.42 Å². The molecule has 1 saturated heterocycles. The standard InChI is InChI=1S/C18H22NO2PS/c1-23(20,21)19-14-8-9-16(19)15-22(17-10-4-2-5-11-17)18-12-6-3-7-13-18/h2-7,10-13,16H,8-9,14-15H2,1H3/t16-/m0/s1. The molecule has 0 N–H and O–H groups in total. The van der Waals surface area contributed by atoms with Crippen LogP contribution in [0.25, 0.3) is 0 Å². The smallest absolute Gasteiger partial charge is 0.211 e. The van der Waals surface area contributed by atoms with Gasteiger partial charge in [-0.15, -0.1) is 0 Å². The number of nitrogens with zero attached hydrogens (tertiary/aromatic N) is 1. The van der Waals surface area contributed by atoms with Crippen LogP contribution < -0.4 is 10.6 Å². The van der Waals surface area contributed by atoms with Gasteiger partial charge in [-0.3, -0.25) is 0 Å². The normalized spacial score (nSPS) is 19.3. The molecule has 1 fully saturated rings. The zero-order valence-electron chi connectivity index (χ0n) is 13.3. The lowest BCUT2D eigenvalue weighted by molar-refractivity contribution is 0.415. The van der Waals surface area contributed by atoms with Gasteiger partial charge in [0, 0.05) is 12.6 Å². The maximum Gasteiger partial charge on any atom is 0.211 e. The zero-order valence-corrected chi connectivity index (χ0v) is 15.0. The monoisotopic (exact) mass is 347 g/mol. The predicted octanol–water partition coefficient (Wildman–Crippen LogP) is 2.54. The van der Waals surface area contributed by atoms with Crippen molar-refractivity contribution >= 4 is 28.6 Å². The molecule has 0 amide bonds. The lowest BCUT2D eigenvalue weighted by Crippen LogP contribution is -2.37. The first-order valence-electron chi connectivity index (χ1n) is 7.90. The van der Waals surface area contributed by atoms with Crippen LogP contribution in [0.1, 0.15) is 12.8 Å². The second-order valence-electron chi connectivity index (χ2n) is 5.95. The van der Waals surface area contributed by atoms with Crippen LogP contribution in [0, 0.1) is 0 Å². The maximum atomic E-state index is 12.0. The Hall–Kier alpha value is -1.22. The highest BCUT2D eigenvalue weighted by Gasteiger charge is 2.33. The molecule has 0 aliphatic carbocycles. The molecule has 0 spiro atoms. The Balaban J connectivity index is 1.91. The van der Waals surface area contributed by atoms with Crippen LogP contribution in [0.5, 0.6) is 0 Å². The fraction of sp³-hybridized carbons (Fsp3) is 0.333. The maximum absolute atomic E-state index is 12.0. The Morgan fingerprint density at radius 2 is 1.52 bits per heavy atom. The lowest BCUT2D eigenvalue weighted by Gasteiger charge is -2.27. The summed E-state index contributed by atoms with van der Waals surface area (Å²) in [4.78, 5) is 0. The first-order valence-corrected chi connectivity index (χ1v) is 11.3. The van der Waals surface area contributed by atoms with Crippen molar-refractivity contribution in [3.8, 4) is 0 Å². The van der Waals surface area contributed by atoms with Crippen molar-refractivity contribution in [3.05, 3.63) is 60.7 Å². The molecule has 122 valence electrons. The second-order valence-corrected chi connectivity index (χ2v) is 10.1. The number of hydrogen-bond acceptors (Lipinski definition) is 2. The Morgan fingerprint density at radius 1 is 1.00 bits per heavy atom. The molecule has 3 nitrogen and oxygen atoms in total. The van der Waals surface area contributed by atoms with Crippen LogP contribution in [-0.4, -0.2) is 37.7 Å². The number of hydrogen-bond donors (Lipinski definition) is 0. The number of benzene rings is 2. The van der Waals surface area contributed by atoms with E-state index in [-0.39, 0.29) is 6.04 Å². The Morgan fingerprint density at radius 3 is 2.00 bits per heavy atom. The van der Waals surface area contributed by atoms with E-state index in [1.54, 1.807) is 4.31 Å². The third kappa shape index (κ3) is 4.00. The minimum Gasteiger partial charge on any atom is -0.212 e. The second kappa shape index (κ2) is 7.12. The van der Waals surface area contributed by atoms with E-state index in [9.17, 15) is 8.42 Å². The van der Waals surface area contributed by atoms with Crippen molar-refractivity contribution in [1.82, 2.24) is 4.31 Å². The lowest BCUT2D eigenvalue weighted by atomic mass is 10.3. The molecule has 3 rings (SSSR count). The van der Waals surface area contributed by atoms with Crippen LogP contribution in [0.4, 0.5) is 0 Å². The molecule has 0 bridgehead atoms. The fourth-order valence-corrected chi connectivity index (χ4v) is 7.09. The van der Waals surface area contributed by atoms with Crippen molar-refractivity contribution < 1.29 is 8.42 Å². The molecule has 0 aromatic heterocycles. The minimum atomic E-state index is -3.12. The molecule has 1 aliphatic rings. The minimum absolute atomic E-state index is 0.122. The van der Waals surface area contributed by atoms with Crippen molar-refractivity contribution in [2.45, 2.75) is 18.9 Å². The SMILES string of the molecule is CS(=O)(=O)N1CCC[C@H]1CP(c1ccccc1)c1ccccc1. The third-order valence-electron chi connectivity index (χ3n) is 4.28. The quantitative estimate of drug-likeness (QED) is 0.780. The molecule has 23 heavy (non-hydrogen) atoms. The average Bonchev–Trinajstić information content (AvgIpc) is 3.03. The van der Waals surface area contributed by atoms with Gasteiger partial charge in [-0.05, 0) is 37.5 Å². The highest BCUT2D eigenvalue weighted by atomic mass is 32.2. The van der Waals surface area contributed by atoms with Crippen molar-refractivity contribution in [1.29, 1.82) is 0 Å². The summed E-state index contributed by atoms with van der Waals surface area (Å²) in [6.07, 6.45) is 4.16. The van der Waals surface area contributed by atoms with E-state index in [1.807, 2.05) is 12.1 Å². The van der Waals surface area contributed by atoms with E-state index >= 15 is 0 Å². The largest absolute Gasteiger partial charge is 0.212 e. The summed E-state index contributed by atoms with van der Waals surface area (Å²) in [5.41, 5.74) is 0. The molecule has 2 aromatic carbocycles. The Labute approximate surface area is 140 Å². The van der Waals surface area contributed by atoms with E-state index in [1.165, 1.54) is 16.9 Å². The highest BCUT2D eigenvalue weighted by molar-refractivity contribution is 7.88. The van der Waals surface area contributed by atoms with Crippen molar-refractivity contribution in [2.75, 3.05) is 19.0 Å². The van der Waals surface area contributed by atoms with Crippen molar-refractivity contribution in [2.24, 2.45) is 0 Å². The summed E-state index contributed by atoms with van der Waals surface area (Å²) >= 11 is 0. The van der Waals surface area contributed by atoms with E-state index in [0.717, 1.165) is 19.0 Å². The molecule has 5 heteroatoms. The zero-order chi connectivity index (χ0) is 16.3. The summed E-state index contributed by atoms with van der Waals surface area (Å²) in [7, 11) is -3.66. The molecule has 0 radical (unpaired) electrons. The first-order chi connectivity index (χ1) is 11.1. The van der Waals surface area contributed by atoms with Gasteiger partial charge >= 0.3 is 0 Å². The molecular weight excluding hydrogens is 325 g/mol. The van der Waals surface area contributed by atoms with Gasteiger partial charge < -0.3 is 0 Å². The first kappa shape index (κ1) is 16.6. The molecular formula is C18H22NO2PS. The van der Waals surface area contributed by atoms with Crippen LogP contribution >= 0.6 is 7.92 Å². The molecule has 2 aromatic rings. The fourth-order valence-electron chi connectivity index (χ4n) is 3.21. The highest BCUT2D eigenvalue weighted by Crippen LogP contribution is 2.38. The van der Waals surface area contributed by atoms with E-state index in [0.29, 0.717) is 6.54 Å². The Bertz CT molecular complexity index is 695. The average molecular weight is 347 g/mol. The molecule has 1 aliphatic heterocycles. The van der Waals surface area contributed by atoms with Crippen LogP contribution in [0.3, 0.4) is 0 Å². The van der Waals surface area contributed by atoms with Gasteiger partial charge in [0.15, 0.2) is 0 Å². The number of rotatable bonds is 5. The summed E-state index contributed by atoms with van der Waals surface area (Å²) in [6, 6.07) is 21.1. The van der Waals surface area contributed by atoms with Gasteiger partial charge in [0.1, 0.15) is 0 Å². The third-order valence-corrected chi connectivity index (χ3v) is 8.24. The summed E-state index contributed by atoms with van der Waals surface area (Å²) < 4.78 is 25.8. The van der Waals surface area contributed by atoms with Crippen LogP contribution in [-0.2, 0) is 10.0 Å². The summed E-state index contributed by atoms with van der Waals surface area (Å²) in [5.74, 6) is 0. The summed E-state index contributed by atoms with van der Waals surface area (Å²) in [5, 5.41) is 2.63. The van der Waals surface area contributed by atoms with Gasteiger partial charge in [-0.2, -0.15) is 4.31 Å². The predicted molar refractivity (Wildman–Crippen MR) is 98.5 cm³/mol. The summed E-state index contributed by atoms with van der Waals surface area (Å²) in [6.45, 7) is 0.663. The topological polar surface area (TPSA) is 37.4 Å². The van der Waals surface area contributed by atoms with Gasteiger partial charge in [-0.1, -0.05) is 60.7 Å². The van der Waals surface area contributed by atoms with Gasteiger partial charge in [0.25, 0.3) is 0 Å². The molecule has 1 heterocycles. The molecule has 1 atom stereocenters. The van der Waals surface area contributed by atoms with Crippen LogP contribution in [0.2, 0.25) is 0 Å². The molecule has 0 unspecified atom stereocenters. The van der Waals surface area contributed by atoms with Gasteiger partial charge in [0.05, 0.1) is 6.26 Å².